The Kier molecular flexibility index (Phi) is 5.55. The normalized spacial score (nSPS) is 23.5. The van der Waals surface area contributed by atoms with Gasteiger partial charge in [-0.15, -0.1) is 22.7 Å². The van der Waals surface area contributed by atoms with Crippen molar-refractivity contribution in [1.82, 2.24) is 4.98 Å². The fourth-order valence-corrected chi connectivity index (χ4v) is 6.23. The van der Waals surface area contributed by atoms with E-state index in [4.69, 9.17) is 22.1 Å². The Morgan fingerprint density at radius 2 is 2.35 bits per heavy atom. The molecule has 0 aromatic carbocycles. The molecule has 1 aliphatic heterocycles. The largest absolute Gasteiger partial charge is 0.379 e. The van der Waals surface area contributed by atoms with E-state index in [0.29, 0.717) is 11.1 Å². The maximum absolute atomic E-state index is 6.38. The van der Waals surface area contributed by atoms with Crippen molar-refractivity contribution in [3.05, 3.63) is 43.0 Å². The number of nitrogens with two attached hydrogens (primary N) is 1. The summed E-state index contributed by atoms with van der Waals surface area (Å²) in [5.41, 5.74) is 8.23. The van der Waals surface area contributed by atoms with E-state index >= 15 is 0 Å². The number of anilines is 1. The number of nitrogens with one attached hydrogen (secondary N) is 1. The van der Waals surface area contributed by atoms with Gasteiger partial charge in [0.15, 0.2) is 0 Å². The molecule has 4 nitrogen and oxygen atoms in total. The highest BCUT2D eigenvalue weighted by molar-refractivity contribution is 9.10. The first-order valence-electron chi connectivity index (χ1n) is 8.44. The number of thiophene rings is 2. The molecule has 1 fully saturated rings. The Morgan fingerprint density at radius 1 is 1.50 bits per heavy atom. The molecule has 3 aromatic rings. The molecule has 1 aliphatic rings. The first-order chi connectivity index (χ1) is 12.5. The first kappa shape index (κ1) is 18.7. The summed E-state index contributed by atoms with van der Waals surface area (Å²) in [6, 6.07) is 6.04. The van der Waals surface area contributed by atoms with Gasteiger partial charge in [-0.1, -0.05) is 24.6 Å². The minimum atomic E-state index is -0.108. The van der Waals surface area contributed by atoms with Crippen LogP contribution in [0, 0.1) is 5.92 Å². The molecule has 1 saturated heterocycles. The zero-order valence-electron chi connectivity index (χ0n) is 14.2. The van der Waals surface area contributed by atoms with Gasteiger partial charge in [-0.2, -0.15) is 0 Å². The first-order valence-corrected chi connectivity index (χ1v) is 11.3. The average Bonchev–Trinajstić information content (AvgIpc) is 3.22. The number of hydrogen-bond donors (Lipinski definition) is 2. The van der Waals surface area contributed by atoms with Crippen molar-refractivity contribution in [2.75, 3.05) is 11.9 Å². The van der Waals surface area contributed by atoms with Crippen LogP contribution in [0.3, 0.4) is 0 Å². The smallest absolute Gasteiger partial charge is 0.131 e. The molecule has 0 aliphatic carbocycles. The van der Waals surface area contributed by atoms with Gasteiger partial charge in [0.25, 0.3) is 0 Å². The molecule has 0 unspecified atom stereocenters. The summed E-state index contributed by atoms with van der Waals surface area (Å²) in [5.74, 6) is 0.491. The molecule has 26 heavy (non-hydrogen) atoms. The molecule has 3 N–H and O–H groups in total. The Bertz CT molecular complexity index is 915. The summed E-state index contributed by atoms with van der Waals surface area (Å²) < 4.78 is 8.07. The minimum absolute atomic E-state index is 0.0129. The molecule has 0 bridgehead atoms. The lowest BCUT2D eigenvalue weighted by atomic mass is 9.95. The number of rotatable bonds is 4. The SMILES string of the molecule is C[C@@H]1CO[C@H](c2sc3c(NCc4cccs4)cc(Cl)nc3c2Br)[C@@H](N)C1. The van der Waals surface area contributed by atoms with Crippen LogP contribution in [0.4, 0.5) is 5.69 Å². The van der Waals surface area contributed by atoms with Crippen molar-refractivity contribution in [2.45, 2.75) is 32.0 Å². The second-order valence-corrected chi connectivity index (χ2v) is 9.91. The Morgan fingerprint density at radius 3 is 3.08 bits per heavy atom. The summed E-state index contributed by atoms with van der Waals surface area (Å²) in [6.45, 7) is 3.66. The minimum Gasteiger partial charge on any atom is -0.379 e. The maximum Gasteiger partial charge on any atom is 0.131 e. The maximum atomic E-state index is 6.38. The molecule has 0 spiro atoms. The van der Waals surface area contributed by atoms with E-state index in [0.717, 1.165) is 44.8 Å². The molecule has 4 rings (SSSR count). The van der Waals surface area contributed by atoms with Crippen molar-refractivity contribution in [1.29, 1.82) is 0 Å². The van der Waals surface area contributed by atoms with Crippen LogP contribution in [0.15, 0.2) is 28.1 Å². The average molecular weight is 473 g/mol. The highest BCUT2D eigenvalue weighted by Gasteiger charge is 2.32. The number of ether oxygens (including phenoxy) is 1. The molecular formula is C18H19BrClN3OS2. The number of pyridine rings is 1. The van der Waals surface area contributed by atoms with Crippen LogP contribution in [-0.4, -0.2) is 17.6 Å². The van der Waals surface area contributed by atoms with Gasteiger partial charge in [-0.05, 0) is 39.7 Å². The van der Waals surface area contributed by atoms with Crippen molar-refractivity contribution >= 4 is 66.1 Å². The van der Waals surface area contributed by atoms with E-state index in [-0.39, 0.29) is 12.1 Å². The summed E-state index contributed by atoms with van der Waals surface area (Å²) in [7, 11) is 0. The third kappa shape index (κ3) is 3.66. The van der Waals surface area contributed by atoms with Gasteiger partial charge >= 0.3 is 0 Å². The van der Waals surface area contributed by atoms with E-state index < -0.39 is 0 Å². The quantitative estimate of drug-likeness (QED) is 0.470. The Balaban J connectivity index is 1.70. The van der Waals surface area contributed by atoms with Crippen molar-refractivity contribution in [3.63, 3.8) is 0 Å². The van der Waals surface area contributed by atoms with Crippen LogP contribution in [0.25, 0.3) is 10.2 Å². The summed E-state index contributed by atoms with van der Waals surface area (Å²) in [6.07, 6.45) is 0.854. The predicted octanol–water partition coefficient (Wildman–Crippen LogP) is 5.81. The van der Waals surface area contributed by atoms with Crippen LogP contribution in [0.2, 0.25) is 5.15 Å². The number of fused-ring (bicyclic) bond motifs is 1. The van der Waals surface area contributed by atoms with Gasteiger partial charge < -0.3 is 15.8 Å². The van der Waals surface area contributed by atoms with Crippen molar-refractivity contribution in [2.24, 2.45) is 11.7 Å². The summed E-state index contributed by atoms with van der Waals surface area (Å²) in [4.78, 5) is 6.89. The number of aromatic nitrogens is 1. The van der Waals surface area contributed by atoms with E-state index in [1.165, 1.54) is 4.88 Å². The lowest BCUT2D eigenvalue weighted by Crippen LogP contribution is -2.37. The van der Waals surface area contributed by atoms with Gasteiger partial charge in [0.05, 0.1) is 31.9 Å². The van der Waals surface area contributed by atoms with Gasteiger partial charge in [0.2, 0.25) is 0 Å². The zero-order chi connectivity index (χ0) is 18.3. The van der Waals surface area contributed by atoms with Crippen LogP contribution < -0.4 is 11.1 Å². The second-order valence-electron chi connectivity index (χ2n) is 6.64. The fourth-order valence-electron chi connectivity index (χ4n) is 3.25. The molecule has 8 heteroatoms. The van der Waals surface area contributed by atoms with E-state index in [2.05, 4.69) is 50.7 Å². The van der Waals surface area contributed by atoms with E-state index in [1.54, 1.807) is 22.7 Å². The van der Waals surface area contributed by atoms with Crippen LogP contribution in [0.1, 0.15) is 29.2 Å². The third-order valence-corrected chi connectivity index (χ3v) is 7.90. The van der Waals surface area contributed by atoms with Crippen LogP contribution in [-0.2, 0) is 11.3 Å². The van der Waals surface area contributed by atoms with E-state index in [9.17, 15) is 0 Å². The Hall–Kier alpha value is -0.700. The molecule has 0 saturated carbocycles. The number of nitrogens with zero attached hydrogens (tertiary/aromatic N) is 1. The number of halogens is 2. The predicted molar refractivity (Wildman–Crippen MR) is 114 cm³/mol. The van der Waals surface area contributed by atoms with Crippen molar-refractivity contribution < 1.29 is 4.74 Å². The lowest BCUT2D eigenvalue weighted by molar-refractivity contribution is -0.0249. The molecule has 3 aromatic heterocycles. The molecule has 3 atom stereocenters. The van der Waals surface area contributed by atoms with Gasteiger partial charge in [-0.3, -0.25) is 0 Å². The summed E-state index contributed by atoms with van der Waals surface area (Å²) >= 11 is 13.4. The molecule has 0 amide bonds. The molecule has 138 valence electrons. The molecule has 0 radical (unpaired) electrons. The second kappa shape index (κ2) is 7.73. The van der Waals surface area contributed by atoms with Gasteiger partial charge in [0.1, 0.15) is 11.3 Å². The van der Waals surface area contributed by atoms with E-state index in [1.807, 2.05) is 6.07 Å². The van der Waals surface area contributed by atoms with Gasteiger partial charge in [0, 0.05) is 23.5 Å². The van der Waals surface area contributed by atoms with Crippen molar-refractivity contribution in [3.8, 4) is 0 Å². The van der Waals surface area contributed by atoms with Crippen LogP contribution in [0.5, 0.6) is 0 Å². The fraction of sp³-hybridized carbons (Fsp3) is 0.389. The molecule has 4 heterocycles. The molecular weight excluding hydrogens is 454 g/mol. The topological polar surface area (TPSA) is 60.2 Å². The van der Waals surface area contributed by atoms with Crippen LogP contribution >= 0.6 is 50.2 Å². The highest BCUT2D eigenvalue weighted by atomic mass is 79.9. The Labute approximate surface area is 173 Å². The standard InChI is InChI=1S/C18H19BrClN3OS2/c1-9-5-11(21)16(24-8-9)18-14(19)15-17(26-18)12(6-13(20)23-15)22-7-10-3-2-4-25-10/h2-4,6,9,11,16H,5,7-8,21H2,1H3,(H,22,23)/t9-,11-,16-/m0/s1. The highest BCUT2D eigenvalue weighted by Crippen LogP contribution is 2.45. The lowest BCUT2D eigenvalue weighted by Gasteiger charge is -2.32. The summed E-state index contributed by atoms with van der Waals surface area (Å²) in [5, 5.41) is 6.05. The zero-order valence-corrected chi connectivity index (χ0v) is 18.1. The number of hydrogen-bond acceptors (Lipinski definition) is 6. The van der Waals surface area contributed by atoms with Gasteiger partial charge in [-0.25, -0.2) is 4.98 Å². The monoisotopic (exact) mass is 471 g/mol. The third-order valence-electron chi connectivity index (χ3n) is 4.49.